The Balaban J connectivity index is 1.22. The topological polar surface area (TPSA) is 57.0 Å². The van der Waals surface area contributed by atoms with Gasteiger partial charge in [-0.05, 0) is 98.0 Å². The van der Waals surface area contributed by atoms with Gasteiger partial charge in [-0.15, -0.1) is 0 Å². The molecular weight excluding hydrogens is 429 g/mol. The SMILES string of the molecule is COCC12CCCCC1CCC1C3CCC(C(=O)Cn4nc5ccc(F)cc5n4)C3(C)CCC12. The van der Waals surface area contributed by atoms with Gasteiger partial charge in [0, 0.05) is 19.1 Å². The zero-order chi connectivity index (χ0) is 23.5. The third-order valence-electron chi connectivity index (χ3n) is 10.8. The van der Waals surface area contributed by atoms with E-state index in [0.29, 0.717) is 22.4 Å². The van der Waals surface area contributed by atoms with Crippen LogP contribution in [0.5, 0.6) is 0 Å². The van der Waals surface area contributed by atoms with Crippen LogP contribution in [0.1, 0.15) is 71.1 Å². The van der Waals surface area contributed by atoms with E-state index in [1.165, 1.54) is 68.3 Å². The van der Waals surface area contributed by atoms with E-state index >= 15 is 0 Å². The fraction of sp³-hybridized carbons (Fsp3) is 0.750. The highest BCUT2D eigenvalue weighted by Gasteiger charge is 2.61. The third-order valence-corrected chi connectivity index (χ3v) is 10.8. The normalized spacial score (nSPS) is 39.4. The predicted octanol–water partition coefficient (Wildman–Crippen LogP) is 5.82. The fourth-order valence-electron chi connectivity index (χ4n) is 9.40. The molecule has 4 fully saturated rings. The summed E-state index contributed by atoms with van der Waals surface area (Å²) in [5, 5.41) is 8.82. The lowest BCUT2D eigenvalue weighted by molar-refractivity contribution is -0.150. The first-order valence-corrected chi connectivity index (χ1v) is 13.5. The van der Waals surface area contributed by atoms with Gasteiger partial charge in [0.2, 0.25) is 0 Å². The average molecular weight is 468 g/mol. The number of aromatic nitrogens is 3. The van der Waals surface area contributed by atoms with Gasteiger partial charge in [0.05, 0.1) is 6.61 Å². The molecule has 0 saturated heterocycles. The molecule has 4 aliphatic rings. The number of hydrogen-bond donors (Lipinski definition) is 0. The number of rotatable bonds is 5. The molecule has 0 N–H and O–H groups in total. The summed E-state index contributed by atoms with van der Waals surface area (Å²) >= 11 is 0. The van der Waals surface area contributed by atoms with E-state index in [4.69, 9.17) is 4.74 Å². The summed E-state index contributed by atoms with van der Waals surface area (Å²) in [6.45, 7) is 3.51. The largest absolute Gasteiger partial charge is 0.384 e. The number of methoxy groups -OCH3 is 1. The van der Waals surface area contributed by atoms with Crippen molar-refractivity contribution in [2.45, 2.75) is 77.7 Å². The van der Waals surface area contributed by atoms with Crippen LogP contribution in [0.4, 0.5) is 4.39 Å². The van der Waals surface area contributed by atoms with Gasteiger partial charge < -0.3 is 4.74 Å². The Hall–Kier alpha value is -1.82. The molecule has 0 spiro atoms. The summed E-state index contributed by atoms with van der Waals surface area (Å²) in [5.41, 5.74) is 1.59. The fourth-order valence-corrected chi connectivity index (χ4v) is 9.40. The van der Waals surface area contributed by atoms with E-state index in [2.05, 4.69) is 17.1 Å². The molecule has 7 unspecified atom stereocenters. The molecule has 1 heterocycles. The van der Waals surface area contributed by atoms with E-state index in [0.717, 1.165) is 37.2 Å². The maximum absolute atomic E-state index is 13.6. The van der Waals surface area contributed by atoms with E-state index in [1.54, 1.807) is 6.07 Å². The van der Waals surface area contributed by atoms with Crippen LogP contribution in [0.15, 0.2) is 18.2 Å². The van der Waals surface area contributed by atoms with Gasteiger partial charge in [-0.1, -0.05) is 19.8 Å². The molecule has 4 saturated carbocycles. The lowest BCUT2D eigenvalue weighted by atomic mass is 9.44. The maximum Gasteiger partial charge on any atom is 0.159 e. The summed E-state index contributed by atoms with van der Waals surface area (Å²) < 4.78 is 19.4. The molecule has 34 heavy (non-hydrogen) atoms. The molecule has 6 heteroatoms. The van der Waals surface area contributed by atoms with Crippen molar-refractivity contribution < 1.29 is 13.9 Å². The summed E-state index contributed by atoms with van der Waals surface area (Å²) in [7, 11) is 1.89. The van der Waals surface area contributed by atoms with Crippen LogP contribution in [0.2, 0.25) is 0 Å². The van der Waals surface area contributed by atoms with E-state index < -0.39 is 0 Å². The van der Waals surface area contributed by atoms with Crippen molar-refractivity contribution in [3.8, 4) is 0 Å². The third kappa shape index (κ3) is 3.38. The first kappa shape index (κ1) is 22.6. The number of benzene rings is 1. The molecular formula is C28H38FN3O2. The Kier molecular flexibility index (Phi) is 5.58. The van der Waals surface area contributed by atoms with Gasteiger partial charge in [0.25, 0.3) is 0 Å². The molecule has 184 valence electrons. The van der Waals surface area contributed by atoms with Crippen LogP contribution >= 0.6 is 0 Å². The van der Waals surface area contributed by atoms with Gasteiger partial charge in [0.1, 0.15) is 23.4 Å². The second-order valence-corrected chi connectivity index (χ2v) is 12.1. The Morgan fingerprint density at radius 3 is 2.76 bits per heavy atom. The van der Waals surface area contributed by atoms with E-state index in [1.807, 2.05) is 7.11 Å². The number of ether oxygens (including phenoxy) is 1. The monoisotopic (exact) mass is 467 g/mol. The van der Waals surface area contributed by atoms with Gasteiger partial charge >= 0.3 is 0 Å². The quantitative estimate of drug-likeness (QED) is 0.556. The first-order chi connectivity index (χ1) is 16.4. The van der Waals surface area contributed by atoms with Crippen molar-refractivity contribution >= 4 is 16.8 Å². The molecule has 4 aliphatic carbocycles. The minimum Gasteiger partial charge on any atom is -0.384 e. The maximum atomic E-state index is 13.6. The number of carbonyl (C=O) groups excluding carboxylic acids is 1. The number of halogens is 1. The average Bonchev–Trinajstić information content (AvgIpc) is 3.38. The van der Waals surface area contributed by atoms with Crippen molar-refractivity contribution in [2.24, 2.45) is 40.4 Å². The predicted molar refractivity (Wildman–Crippen MR) is 129 cm³/mol. The summed E-state index contributed by atoms with van der Waals surface area (Å²) in [6.07, 6.45) is 12.7. The summed E-state index contributed by atoms with van der Waals surface area (Å²) in [4.78, 5) is 15.1. The lowest BCUT2D eigenvalue weighted by Crippen LogP contribution is -2.56. The smallest absolute Gasteiger partial charge is 0.159 e. The molecule has 7 atom stereocenters. The second-order valence-electron chi connectivity index (χ2n) is 12.1. The molecule has 1 aromatic carbocycles. The number of fused-ring (bicyclic) bond motifs is 6. The minimum atomic E-state index is -0.326. The zero-order valence-corrected chi connectivity index (χ0v) is 20.6. The Bertz CT molecular complexity index is 1080. The number of hydrogen-bond acceptors (Lipinski definition) is 4. The van der Waals surface area contributed by atoms with Crippen molar-refractivity contribution in [1.82, 2.24) is 15.0 Å². The molecule has 0 amide bonds. The Morgan fingerprint density at radius 1 is 1.06 bits per heavy atom. The molecule has 6 rings (SSSR count). The van der Waals surface area contributed by atoms with Crippen molar-refractivity contribution in [3.05, 3.63) is 24.0 Å². The molecule has 1 aromatic heterocycles. The summed E-state index contributed by atoms with van der Waals surface area (Å²) in [6, 6.07) is 4.40. The van der Waals surface area contributed by atoms with Crippen LogP contribution in [0.25, 0.3) is 11.0 Å². The highest BCUT2D eigenvalue weighted by molar-refractivity contribution is 5.82. The van der Waals surface area contributed by atoms with E-state index in [-0.39, 0.29) is 29.5 Å². The second kappa shape index (κ2) is 8.39. The molecule has 0 aliphatic heterocycles. The van der Waals surface area contributed by atoms with Crippen LogP contribution in [0.3, 0.4) is 0 Å². The van der Waals surface area contributed by atoms with Crippen LogP contribution in [0, 0.1) is 46.2 Å². The number of Topliss-reactive ketones (excluding diaryl/α,β-unsaturated/α-hetero) is 1. The zero-order valence-electron chi connectivity index (χ0n) is 20.6. The number of ketones is 1. The summed E-state index contributed by atoms with van der Waals surface area (Å²) in [5.74, 6) is 2.95. The van der Waals surface area contributed by atoms with Crippen LogP contribution in [-0.4, -0.2) is 34.5 Å². The highest BCUT2D eigenvalue weighted by atomic mass is 19.1. The van der Waals surface area contributed by atoms with Gasteiger partial charge in [0.15, 0.2) is 5.78 Å². The number of nitrogens with zero attached hydrogens (tertiary/aromatic N) is 3. The minimum absolute atomic E-state index is 0.0757. The van der Waals surface area contributed by atoms with Crippen molar-refractivity contribution in [2.75, 3.05) is 13.7 Å². The lowest BCUT2D eigenvalue weighted by Gasteiger charge is -2.61. The Morgan fingerprint density at radius 2 is 1.91 bits per heavy atom. The molecule has 2 aromatic rings. The van der Waals surface area contributed by atoms with E-state index in [9.17, 15) is 9.18 Å². The molecule has 0 radical (unpaired) electrons. The van der Waals surface area contributed by atoms with Gasteiger partial charge in [-0.25, -0.2) is 4.39 Å². The highest BCUT2D eigenvalue weighted by Crippen LogP contribution is 2.67. The van der Waals surface area contributed by atoms with Gasteiger partial charge in [-0.2, -0.15) is 15.0 Å². The molecule has 0 bridgehead atoms. The van der Waals surface area contributed by atoms with Crippen molar-refractivity contribution in [3.63, 3.8) is 0 Å². The molecule has 5 nitrogen and oxygen atoms in total. The number of carbonyl (C=O) groups is 1. The van der Waals surface area contributed by atoms with Crippen LogP contribution in [-0.2, 0) is 16.1 Å². The van der Waals surface area contributed by atoms with Crippen molar-refractivity contribution in [1.29, 1.82) is 0 Å². The Labute approximate surface area is 201 Å². The van der Waals surface area contributed by atoms with Gasteiger partial charge in [-0.3, -0.25) is 4.79 Å². The first-order valence-electron chi connectivity index (χ1n) is 13.5. The standard InChI is InChI=1S/C28H38FN3O2/c1-27-14-12-22-20(8-6-18-5-3-4-13-28(18,22)17-34-2)21(27)9-10-23(27)26(33)16-32-30-24-11-7-19(29)15-25(24)31-32/h7,11,15,18,20-23H,3-6,8-10,12-14,16-17H2,1-2H3. The van der Waals surface area contributed by atoms with Crippen LogP contribution < -0.4 is 0 Å².